The Hall–Kier alpha value is -0.620. The minimum Gasteiger partial charge on any atom is -0.307 e. The van der Waals surface area contributed by atoms with Gasteiger partial charge in [0, 0.05) is 21.3 Å². The summed E-state index contributed by atoms with van der Waals surface area (Å²) in [5.41, 5.74) is 0.496. The monoisotopic (exact) mass is 344 g/mol. The molecular weight excluding hydrogens is 328 g/mol. The Bertz CT molecular complexity index is 543. The predicted molar refractivity (Wildman–Crippen MR) is 72.4 cm³/mol. The number of halogens is 2. The van der Waals surface area contributed by atoms with Crippen molar-refractivity contribution in [3.05, 3.63) is 35.9 Å². The normalized spacial score (nSPS) is 15.7. The molecule has 6 nitrogen and oxygen atoms in total. The van der Waals surface area contributed by atoms with Crippen LogP contribution < -0.4 is 0 Å². The molecule has 0 saturated heterocycles. The van der Waals surface area contributed by atoms with Crippen molar-refractivity contribution >= 4 is 15.2 Å². The predicted octanol–water partition coefficient (Wildman–Crippen LogP) is 4.08. The van der Waals surface area contributed by atoms with Gasteiger partial charge in [0.2, 0.25) is 0 Å². The molecule has 0 aliphatic rings. The van der Waals surface area contributed by atoms with Crippen LogP contribution in [0.3, 0.4) is 0 Å². The third kappa shape index (κ3) is 3.59. The summed E-state index contributed by atoms with van der Waals surface area (Å²) < 4.78 is 69.9. The maximum atomic E-state index is 14.2. The van der Waals surface area contributed by atoms with E-state index in [1.54, 1.807) is 30.3 Å². The molecule has 0 aliphatic heterocycles. The third-order valence-corrected chi connectivity index (χ3v) is 7.32. The van der Waals surface area contributed by atoms with Crippen molar-refractivity contribution in [3.8, 4) is 0 Å². The largest absolute Gasteiger partial charge is 0.444 e. The average Bonchev–Trinajstić information content (AvgIpc) is 2.52. The Morgan fingerprint density at radius 3 is 1.86 bits per heavy atom. The van der Waals surface area contributed by atoms with Gasteiger partial charge >= 0.3 is 20.6 Å². The fourth-order valence-electron chi connectivity index (χ4n) is 1.42. The molecule has 0 radical (unpaired) electrons. The van der Waals surface area contributed by atoms with Crippen molar-refractivity contribution in [2.24, 2.45) is 0 Å². The molecule has 1 aromatic rings. The molecule has 0 N–H and O–H groups in total. The molecule has 1 unspecified atom stereocenters. The van der Waals surface area contributed by atoms with E-state index in [0.717, 1.165) is 21.3 Å². The van der Waals surface area contributed by atoms with Crippen molar-refractivity contribution < 1.29 is 36.0 Å². The Balaban J connectivity index is 3.03. The molecule has 0 spiro atoms. The third-order valence-electron chi connectivity index (χ3n) is 2.62. The lowest BCUT2D eigenvalue weighted by Crippen LogP contribution is -2.21. The van der Waals surface area contributed by atoms with Gasteiger partial charge in [0.1, 0.15) is 0 Å². The minimum atomic E-state index is -5.07. The van der Waals surface area contributed by atoms with Crippen LogP contribution in [0, 0.1) is 0 Å². The van der Waals surface area contributed by atoms with Crippen LogP contribution in [0.2, 0.25) is 0 Å². The van der Waals surface area contributed by atoms with Crippen LogP contribution in [-0.4, -0.2) is 26.7 Å². The summed E-state index contributed by atoms with van der Waals surface area (Å²) in [4.78, 5) is 0. The molecule has 120 valence electrons. The summed E-state index contributed by atoms with van der Waals surface area (Å²) in [5, 5.41) is -4.44. The summed E-state index contributed by atoms with van der Waals surface area (Å²) in [5.74, 6) is 0. The van der Waals surface area contributed by atoms with Crippen LogP contribution in [0.4, 0.5) is 8.78 Å². The highest BCUT2D eigenvalue weighted by Gasteiger charge is 2.68. The second-order valence-corrected chi connectivity index (χ2v) is 8.63. The zero-order valence-electron chi connectivity index (χ0n) is 11.7. The molecular formula is C11H16F2O6P2. The number of hydrogen-bond acceptors (Lipinski definition) is 6. The van der Waals surface area contributed by atoms with Gasteiger partial charge in [-0.25, -0.2) is 0 Å². The van der Waals surface area contributed by atoms with Crippen molar-refractivity contribution in [2.75, 3.05) is 21.3 Å². The van der Waals surface area contributed by atoms with Gasteiger partial charge in [0.25, 0.3) is 0 Å². The van der Waals surface area contributed by atoms with Gasteiger partial charge in [0.15, 0.2) is 0 Å². The molecule has 0 aliphatic carbocycles. The van der Waals surface area contributed by atoms with E-state index in [-0.39, 0.29) is 0 Å². The summed E-state index contributed by atoms with van der Waals surface area (Å²) in [7, 11) is -7.77. The lowest BCUT2D eigenvalue weighted by atomic mass is 10.2. The molecule has 0 fully saturated rings. The van der Waals surface area contributed by atoms with E-state index in [9.17, 15) is 17.9 Å². The van der Waals surface area contributed by atoms with Crippen LogP contribution >= 0.6 is 15.2 Å². The quantitative estimate of drug-likeness (QED) is 0.662. The van der Waals surface area contributed by atoms with Crippen molar-refractivity contribution in [3.63, 3.8) is 0 Å². The molecule has 0 heterocycles. The van der Waals surface area contributed by atoms with Gasteiger partial charge in [0.05, 0.1) is 6.61 Å². The highest BCUT2D eigenvalue weighted by Crippen LogP contribution is 2.78. The Kier molecular flexibility index (Phi) is 6.23. The highest BCUT2D eigenvalue weighted by atomic mass is 31.2. The van der Waals surface area contributed by atoms with Gasteiger partial charge < -0.3 is 13.6 Å². The molecule has 0 bridgehead atoms. The van der Waals surface area contributed by atoms with Crippen molar-refractivity contribution in [2.45, 2.75) is 12.0 Å². The van der Waals surface area contributed by atoms with Gasteiger partial charge in [-0.05, 0) is 5.56 Å². The van der Waals surface area contributed by atoms with Crippen molar-refractivity contribution in [1.82, 2.24) is 0 Å². The molecule has 21 heavy (non-hydrogen) atoms. The van der Waals surface area contributed by atoms with Gasteiger partial charge in [-0.2, -0.15) is 8.78 Å². The van der Waals surface area contributed by atoms with E-state index in [2.05, 4.69) is 13.6 Å². The summed E-state index contributed by atoms with van der Waals surface area (Å²) in [6.07, 6.45) is 0. The first kappa shape index (κ1) is 18.4. The fourth-order valence-corrected chi connectivity index (χ4v) is 4.91. The lowest BCUT2D eigenvalue weighted by molar-refractivity contribution is 0.0727. The smallest absolute Gasteiger partial charge is 0.307 e. The van der Waals surface area contributed by atoms with E-state index in [4.69, 9.17) is 4.52 Å². The number of rotatable bonds is 8. The molecule has 0 saturated carbocycles. The topological polar surface area (TPSA) is 71.1 Å². The van der Waals surface area contributed by atoms with Crippen LogP contribution in [0.1, 0.15) is 5.56 Å². The zero-order chi connectivity index (χ0) is 16.1. The van der Waals surface area contributed by atoms with Gasteiger partial charge in [-0.3, -0.25) is 13.7 Å². The molecule has 1 aromatic carbocycles. The highest BCUT2D eigenvalue weighted by molar-refractivity contribution is 7.73. The molecule has 1 rings (SSSR count). The Labute approximate surface area is 121 Å². The first-order valence-electron chi connectivity index (χ1n) is 5.70. The van der Waals surface area contributed by atoms with Gasteiger partial charge in [-0.15, -0.1) is 0 Å². The second-order valence-electron chi connectivity index (χ2n) is 3.81. The number of benzene rings is 1. The first-order chi connectivity index (χ1) is 9.76. The van der Waals surface area contributed by atoms with E-state index in [1.165, 1.54) is 0 Å². The van der Waals surface area contributed by atoms with E-state index in [0.29, 0.717) is 5.56 Å². The van der Waals surface area contributed by atoms with Crippen molar-refractivity contribution in [1.29, 1.82) is 0 Å². The Morgan fingerprint density at radius 2 is 1.43 bits per heavy atom. The summed E-state index contributed by atoms with van der Waals surface area (Å²) >= 11 is 0. The standard InChI is InChI=1S/C11H16F2O6P2/c1-16-20(14,17-2)11(12,13)21(15,18-3)19-9-10-7-5-4-6-8-10/h4-8H,9H2,1-3H3. The van der Waals surface area contributed by atoms with Gasteiger partial charge in [-0.1, -0.05) is 30.3 Å². The number of hydrogen-bond donors (Lipinski definition) is 0. The molecule has 0 aromatic heterocycles. The fraction of sp³-hybridized carbons (Fsp3) is 0.455. The lowest BCUT2D eigenvalue weighted by Gasteiger charge is -2.28. The Morgan fingerprint density at radius 1 is 0.952 bits per heavy atom. The zero-order valence-corrected chi connectivity index (χ0v) is 13.5. The summed E-state index contributed by atoms with van der Waals surface area (Å²) in [6.45, 7) is -0.408. The van der Waals surface area contributed by atoms with E-state index >= 15 is 0 Å². The maximum absolute atomic E-state index is 14.2. The van der Waals surface area contributed by atoms with Crippen LogP contribution in [-0.2, 0) is 33.8 Å². The van der Waals surface area contributed by atoms with Crippen LogP contribution in [0.5, 0.6) is 0 Å². The van der Waals surface area contributed by atoms with Crippen LogP contribution in [0.25, 0.3) is 0 Å². The first-order valence-corrected chi connectivity index (χ1v) is 8.78. The summed E-state index contributed by atoms with van der Waals surface area (Å²) in [6, 6.07) is 8.21. The minimum absolute atomic E-state index is 0.408. The van der Waals surface area contributed by atoms with Crippen LogP contribution in [0.15, 0.2) is 30.3 Å². The average molecular weight is 344 g/mol. The second kappa shape index (κ2) is 7.09. The molecule has 0 amide bonds. The van der Waals surface area contributed by atoms with E-state index in [1.807, 2.05) is 0 Å². The van der Waals surface area contributed by atoms with E-state index < -0.39 is 27.2 Å². The molecule has 1 atom stereocenters. The number of alkyl halides is 2. The molecule has 10 heteroatoms. The maximum Gasteiger partial charge on any atom is 0.444 e. The SMILES string of the molecule is COP(=O)(OC)C(F)(F)P(=O)(OC)OCc1ccccc1.